The van der Waals surface area contributed by atoms with E-state index in [2.05, 4.69) is 26.7 Å². The molecule has 6 nitrogen and oxygen atoms in total. The minimum Gasteiger partial charge on any atom is -0.362 e. The van der Waals surface area contributed by atoms with E-state index in [4.69, 9.17) is 5.26 Å². The maximum atomic E-state index is 14.1. The Balaban J connectivity index is 1.53. The van der Waals surface area contributed by atoms with E-state index in [1.807, 2.05) is 24.3 Å². The highest BCUT2D eigenvalue weighted by molar-refractivity contribution is 7.92. The molecular formula is C21H19FN4O2S. The molecule has 0 spiro atoms. The number of nitriles is 1. The van der Waals surface area contributed by atoms with Crippen molar-refractivity contribution in [3.05, 3.63) is 82.9 Å². The largest absolute Gasteiger partial charge is 0.362 e. The zero-order chi connectivity index (χ0) is 20.4. The lowest BCUT2D eigenvalue weighted by Crippen LogP contribution is -2.30. The maximum absolute atomic E-state index is 14.1. The number of anilines is 1. The van der Waals surface area contributed by atoms with Gasteiger partial charge in [0.25, 0.3) is 10.0 Å². The van der Waals surface area contributed by atoms with Crippen LogP contribution in [0.25, 0.3) is 0 Å². The normalized spacial score (nSPS) is 14.2. The molecule has 4 rings (SSSR count). The van der Waals surface area contributed by atoms with Gasteiger partial charge in [0.2, 0.25) is 0 Å². The Morgan fingerprint density at radius 1 is 1.21 bits per heavy atom. The summed E-state index contributed by atoms with van der Waals surface area (Å²) in [5.74, 6) is -0.786. The van der Waals surface area contributed by atoms with Crippen LogP contribution in [-0.4, -0.2) is 24.8 Å². The van der Waals surface area contributed by atoms with Crippen molar-refractivity contribution in [2.24, 2.45) is 0 Å². The van der Waals surface area contributed by atoms with Crippen molar-refractivity contribution in [1.82, 2.24) is 9.88 Å². The second kappa shape index (κ2) is 7.70. The maximum Gasteiger partial charge on any atom is 0.263 e. The minimum atomic E-state index is -3.95. The van der Waals surface area contributed by atoms with Crippen LogP contribution in [0, 0.1) is 17.1 Å². The first-order valence-corrected chi connectivity index (χ1v) is 10.6. The first-order valence-electron chi connectivity index (χ1n) is 9.14. The summed E-state index contributed by atoms with van der Waals surface area (Å²) in [5, 5.41) is 8.82. The number of nitrogens with one attached hydrogen (secondary N) is 2. The van der Waals surface area contributed by atoms with Gasteiger partial charge in [-0.25, -0.2) is 12.8 Å². The number of H-pyrrole nitrogens is 1. The van der Waals surface area contributed by atoms with E-state index in [9.17, 15) is 12.8 Å². The van der Waals surface area contributed by atoms with Gasteiger partial charge in [-0.15, -0.1) is 0 Å². The predicted octanol–water partition coefficient (Wildman–Crippen LogP) is 3.38. The van der Waals surface area contributed by atoms with E-state index >= 15 is 0 Å². The number of nitrogens with zero attached hydrogens (tertiary/aromatic N) is 2. The lowest BCUT2D eigenvalue weighted by molar-refractivity contribution is 0.242. The summed E-state index contributed by atoms with van der Waals surface area (Å²) in [7, 11) is -3.95. The van der Waals surface area contributed by atoms with E-state index in [0.29, 0.717) is 13.0 Å². The zero-order valence-corrected chi connectivity index (χ0v) is 16.3. The number of halogens is 1. The highest BCUT2D eigenvalue weighted by Crippen LogP contribution is 2.28. The average molecular weight is 410 g/mol. The van der Waals surface area contributed by atoms with Gasteiger partial charge in [-0.1, -0.05) is 30.3 Å². The minimum absolute atomic E-state index is 0.128. The fourth-order valence-corrected chi connectivity index (χ4v) is 4.88. The number of hydrogen-bond acceptors (Lipinski definition) is 4. The van der Waals surface area contributed by atoms with E-state index in [1.165, 1.54) is 23.9 Å². The quantitative estimate of drug-likeness (QED) is 0.675. The first-order chi connectivity index (χ1) is 14.0. The molecule has 8 heteroatoms. The molecule has 1 aromatic heterocycles. The van der Waals surface area contributed by atoms with Gasteiger partial charge in [-0.2, -0.15) is 5.26 Å². The van der Waals surface area contributed by atoms with Crippen LogP contribution in [0.1, 0.15) is 22.4 Å². The smallest absolute Gasteiger partial charge is 0.263 e. The Kier molecular flexibility index (Phi) is 5.09. The topological polar surface area (TPSA) is 89.0 Å². The molecule has 1 aliphatic rings. The molecule has 0 aliphatic carbocycles. The Morgan fingerprint density at radius 2 is 2.00 bits per heavy atom. The monoisotopic (exact) mass is 410 g/mol. The first kappa shape index (κ1) is 19.2. The highest BCUT2D eigenvalue weighted by atomic mass is 32.2. The van der Waals surface area contributed by atoms with E-state index in [0.717, 1.165) is 30.4 Å². The lowest BCUT2D eigenvalue weighted by Gasteiger charge is -2.27. The Bertz CT molecular complexity index is 1180. The molecule has 148 valence electrons. The number of aromatic amines is 1. The SMILES string of the molecule is N#Cc1ccc(NS(=O)(=O)c2c[nH]c3c2CCN(Cc2ccccc2)C3)c(F)c1. The second-order valence-electron chi connectivity index (χ2n) is 6.97. The van der Waals surface area contributed by atoms with Crippen molar-refractivity contribution < 1.29 is 12.8 Å². The molecule has 0 fully saturated rings. The summed E-state index contributed by atoms with van der Waals surface area (Å²) in [6, 6.07) is 15.6. The molecule has 0 saturated heterocycles. The Labute approximate surface area is 168 Å². The number of fused-ring (bicyclic) bond motifs is 1. The van der Waals surface area contributed by atoms with Crippen molar-refractivity contribution in [3.8, 4) is 6.07 Å². The third-order valence-electron chi connectivity index (χ3n) is 4.98. The molecule has 29 heavy (non-hydrogen) atoms. The van der Waals surface area contributed by atoms with Crippen LogP contribution in [0.4, 0.5) is 10.1 Å². The van der Waals surface area contributed by atoms with Gasteiger partial charge in [-0.3, -0.25) is 9.62 Å². The van der Waals surface area contributed by atoms with Crippen molar-refractivity contribution in [2.75, 3.05) is 11.3 Å². The zero-order valence-electron chi connectivity index (χ0n) is 15.5. The summed E-state index contributed by atoms with van der Waals surface area (Å²) in [6.07, 6.45) is 2.04. The van der Waals surface area contributed by atoms with Crippen molar-refractivity contribution in [3.63, 3.8) is 0 Å². The Morgan fingerprint density at radius 3 is 2.72 bits per heavy atom. The molecule has 3 aromatic rings. The van der Waals surface area contributed by atoms with Crippen molar-refractivity contribution in [1.29, 1.82) is 5.26 Å². The summed E-state index contributed by atoms with van der Waals surface area (Å²) in [6.45, 7) is 2.13. The number of sulfonamides is 1. The molecule has 0 atom stereocenters. The van der Waals surface area contributed by atoms with Gasteiger partial charge in [-0.05, 0) is 35.7 Å². The van der Waals surface area contributed by atoms with Gasteiger partial charge >= 0.3 is 0 Å². The standard InChI is InChI=1S/C21H19FN4O2S/c22-18-10-16(11-23)6-7-19(18)25-29(27,28)21-12-24-20-14-26(9-8-17(20)21)13-15-4-2-1-3-5-15/h1-7,10,12,24-25H,8-9,13-14H2. The number of benzene rings is 2. The summed E-state index contributed by atoms with van der Waals surface area (Å²) < 4.78 is 42.1. The highest BCUT2D eigenvalue weighted by Gasteiger charge is 2.27. The molecule has 1 aliphatic heterocycles. The van der Waals surface area contributed by atoms with Gasteiger partial charge in [0.05, 0.1) is 17.3 Å². The molecule has 0 unspecified atom stereocenters. The number of aromatic nitrogens is 1. The Hall–Kier alpha value is -3.15. The summed E-state index contributed by atoms with van der Waals surface area (Å²) in [4.78, 5) is 5.45. The van der Waals surface area contributed by atoms with Crippen LogP contribution in [0.15, 0.2) is 59.6 Å². The summed E-state index contributed by atoms with van der Waals surface area (Å²) >= 11 is 0. The van der Waals surface area contributed by atoms with Crippen LogP contribution >= 0.6 is 0 Å². The fourth-order valence-electron chi connectivity index (χ4n) is 3.55. The molecule has 0 amide bonds. The van der Waals surface area contributed by atoms with Crippen LogP contribution in [0.2, 0.25) is 0 Å². The van der Waals surface area contributed by atoms with Crippen LogP contribution in [0.5, 0.6) is 0 Å². The summed E-state index contributed by atoms with van der Waals surface area (Å²) in [5.41, 5.74) is 2.74. The van der Waals surface area contributed by atoms with Crippen molar-refractivity contribution >= 4 is 15.7 Å². The molecule has 2 heterocycles. The molecule has 0 saturated carbocycles. The third kappa shape index (κ3) is 4.01. The number of rotatable bonds is 5. The van der Waals surface area contributed by atoms with Crippen molar-refractivity contribution in [2.45, 2.75) is 24.4 Å². The van der Waals surface area contributed by atoms with Gasteiger partial charge in [0.15, 0.2) is 0 Å². The van der Waals surface area contributed by atoms with E-state index in [-0.39, 0.29) is 16.1 Å². The fraction of sp³-hybridized carbons (Fsp3) is 0.190. The van der Waals surface area contributed by atoms with Crippen LogP contribution < -0.4 is 4.72 Å². The molecule has 2 N–H and O–H groups in total. The van der Waals surface area contributed by atoms with E-state index < -0.39 is 15.8 Å². The van der Waals surface area contributed by atoms with Gasteiger partial charge in [0.1, 0.15) is 10.7 Å². The van der Waals surface area contributed by atoms with Crippen LogP contribution in [-0.2, 0) is 29.5 Å². The average Bonchev–Trinajstić information content (AvgIpc) is 3.14. The molecular weight excluding hydrogens is 391 g/mol. The lowest BCUT2D eigenvalue weighted by atomic mass is 10.1. The number of hydrogen-bond donors (Lipinski definition) is 2. The predicted molar refractivity (Wildman–Crippen MR) is 107 cm³/mol. The van der Waals surface area contributed by atoms with E-state index in [1.54, 1.807) is 0 Å². The molecule has 2 aromatic carbocycles. The molecule has 0 radical (unpaired) electrons. The van der Waals surface area contributed by atoms with Gasteiger partial charge in [0, 0.05) is 31.5 Å². The third-order valence-corrected chi connectivity index (χ3v) is 6.41. The molecule has 0 bridgehead atoms. The van der Waals surface area contributed by atoms with Crippen LogP contribution in [0.3, 0.4) is 0 Å². The van der Waals surface area contributed by atoms with Gasteiger partial charge < -0.3 is 4.98 Å². The second-order valence-corrected chi connectivity index (χ2v) is 8.62.